The molecule has 4 saturated carbocycles. The maximum Gasteiger partial charge on any atom is 0.335 e. The van der Waals surface area contributed by atoms with Crippen molar-refractivity contribution in [2.45, 2.75) is 96.7 Å². The molecule has 0 radical (unpaired) electrons. The molecule has 4 aliphatic carbocycles. The highest BCUT2D eigenvalue weighted by molar-refractivity contribution is 5.66. The number of ether oxygens (including phenoxy) is 1. The third-order valence-electron chi connectivity index (χ3n) is 10.5. The van der Waals surface area contributed by atoms with Gasteiger partial charge in [-0.2, -0.15) is 0 Å². The van der Waals surface area contributed by atoms with Gasteiger partial charge < -0.3 is 14.3 Å². The molecule has 0 aromatic carbocycles. The van der Waals surface area contributed by atoms with Gasteiger partial charge in [0.2, 0.25) is 0 Å². The summed E-state index contributed by atoms with van der Waals surface area (Å²) >= 11 is 0. The molecule has 4 fully saturated rings. The van der Waals surface area contributed by atoms with Crippen molar-refractivity contribution in [3.63, 3.8) is 0 Å². The fourth-order valence-electron chi connectivity index (χ4n) is 9.19. The van der Waals surface area contributed by atoms with Gasteiger partial charge in [-0.1, -0.05) is 20.8 Å². The van der Waals surface area contributed by atoms with Crippen LogP contribution in [0.4, 0.5) is 0 Å². The van der Waals surface area contributed by atoms with Gasteiger partial charge in [-0.25, -0.2) is 4.79 Å². The Labute approximate surface area is 190 Å². The highest BCUT2D eigenvalue weighted by atomic mass is 16.5. The van der Waals surface area contributed by atoms with E-state index in [4.69, 9.17) is 9.15 Å². The van der Waals surface area contributed by atoms with Gasteiger partial charge in [0.25, 0.3) is 0 Å². The Balaban J connectivity index is 1.44. The molecule has 176 valence electrons. The molecule has 5 heteroatoms. The van der Waals surface area contributed by atoms with E-state index in [1.807, 2.05) is 6.07 Å². The average Bonchev–Trinajstić information content (AvgIpc) is 2.94. The normalized spacial score (nSPS) is 47.8. The van der Waals surface area contributed by atoms with E-state index in [-0.39, 0.29) is 34.4 Å². The molecule has 4 aliphatic rings. The summed E-state index contributed by atoms with van der Waals surface area (Å²) in [5.41, 5.74) is 0.0230. The Hall–Kier alpha value is -1.62. The maximum absolute atomic E-state index is 12.4. The summed E-state index contributed by atoms with van der Waals surface area (Å²) in [6.07, 6.45) is 9.76. The molecule has 1 N–H and O–H groups in total. The Kier molecular flexibility index (Phi) is 5.16. The summed E-state index contributed by atoms with van der Waals surface area (Å²) in [7, 11) is 0. The molecule has 32 heavy (non-hydrogen) atoms. The first-order chi connectivity index (χ1) is 15.1. The van der Waals surface area contributed by atoms with Crippen LogP contribution in [0.15, 0.2) is 27.6 Å². The zero-order valence-corrected chi connectivity index (χ0v) is 19.9. The van der Waals surface area contributed by atoms with Crippen LogP contribution in [0.2, 0.25) is 0 Å². The topological polar surface area (TPSA) is 76.7 Å². The lowest BCUT2D eigenvalue weighted by Crippen LogP contribution is -2.62. The number of aliphatic hydroxyl groups is 1. The van der Waals surface area contributed by atoms with E-state index in [0.29, 0.717) is 23.7 Å². The first-order valence-electron chi connectivity index (χ1n) is 12.6. The third-order valence-corrected chi connectivity index (χ3v) is 10.5. The van der Waals surface area contributed by atoms with E-state index in [1.165, 1.54) is 13.0 Å². The number of fused-ring (bicyclic) bond motifs is 5. The first-order valence-corrected chi connectivity index (χ1v) is 12.6. The van der Waals surface area contributed by atoms with Gasteiger partial charge >= 0.3 is 11.6 Å². The molecule has 0 aliphatic heterocycles. The number of hydrogen-bond donors (Lipinski definition) is 1. The van der Waals surface area contributed by atoms with Gasteiger partial charge in [-0.3, -0.25) is 4.79 Å². The maximum atomic E-state index is 12.4. The van der Waals surface area contributed by atoms with Crippen LogP contribution < -0.4 is 5.63 Å². The largest absolute Gasteiger partial charge is 0.463 e. The van der Waals surface area contributed by atoms with Crippen molar-refractivity contribution in [3.05, 3.63) is 34.4 Å². The summed E-state index contributed by atoms with van der Waals surface area (Å²) in [6.45, 7) is 8.50. The lowest BCUT2D eigenvalue weighted by atomic mass is 9.43. The smallest absolute Gasteiger partial charge is 0.335 e. The lowest BCUT2D eigenvalue weighted by Gasteiger charge is -2.63. The van der Waals surface area contributed by atoms with Gasteiger partial charge in [-0.05, 0) is 98.0 Å². The van der Waals surface area contributed by atoms with Crippen LogP contribution in [-0.2, 0) is 9.53 Å². The van der Waals surface area contributed by atoms with Crippen molar-refractivity contribution < 1.29 is 19.1 Å². The zero-order valence-electron chi connectivity index (χ0n) is 19.9. The van der Waals surface area contributed by atoms with Gasteiger partial charge in [0.1, 0.15) is 6.10 Å². The minimum atomic E-state index is -0.698. The summed E-state index contributed by atoms with van der Waals surface area (Å²) in [6, 6.07) is 3.42. The van der Waals surface area contributed by atoms with Crippen LogP contribution in [-0.4, -0.2) is 22.8 Å². The van der Waals surface area contributed by atoms with Crippen molar-refractivity contribution in [1.82, 2.24) is 0 Å². The van der Waals surface area contributed by atoms with Crippen molar-refractivity contribution in [3.8, 4) is 0 Å². The van der Waals surface area contributed by atoms with Crippen molar-refractivity contribution in [2.24, 2.45) is 34.5 Å². The van der Waals surface area contributed by atoms with E-state index in [9.17, 15) is 14.7 Å². The molecular formula is C27H38O5. The molecule has 1 aromatic rings. The van der Waals surface area contributed by atoms with Crippen LogP contribution in [0.5, 0.6) is 0 Å². The van der Waals surface area contributed by atoms with E-state index < -0.39 is 5.60 Å². The minimum absolute atomic E-state index is 0.0580. The Morgan fingerprint density at radius 2 is 1.91 bits per heavy atom. The summed E-state index contributed by atoms with van der Waals surface area (Å²) in [5, 5.41) is 12.4. The standard InChI is InChI=1S/C27H38O5/c1-16-14-27(30)22-7-6-19-13-20(32-17(2)28)9-11-25(19,3)21(22)10-12-26(27,4)24(16)18-5-8-23(29)31-15-18/h5,8,15-16,19-22,24,30H,6-7,9-14H2,1-4H3/t16-,19+,20-,21-,22+,24+,25-,26+,27-/m0/s1. The second-order valence-corrected chi connectivity index (χ2v) is 11.9. The van der Waals surface area contributed by atoms with Gasteiger partial charge in [0.15, 0.2) is 0 Å². The number of esters is 1. The first kappa shape index (κ1) is 22.2. The average molecular weight is 443 g/mol. The Morgan fingerprint density at radius 3 is 2.59 bits per heavy atom. The lowest BCUT2D eigenvalue weighted by molar-refractivity contribution is -0.207. The second-order valence-electron chi connectivity index (χ2n) is 11.9. The van der Waals surface area contributed by atoms with Gasteiger partial charge in [0, 0.05) is 18.4 Å². The number of carbonyl (C=O) groups excluding carboxylic acids is 1. The molecule has 9 atom stereocenters. The van der Waals surface area contributed by atoms with Gasteiger partial charge in [-0.15, -0.1) is 0 Å². The molecule has 0 bridgehead atoms. The van der Waals surface area contributed by atoms with E-state index in [1.54, 1.807) is 6.26 Å². The minimum Gasteiger partial charge on any atom is -0.463 e. The molecule has 5 rings (SSSR count). The van der Waals surface area contributed by atoms with Crippen molar-refractivity contribution in [1.29, 1.82) is 0 Å². The summed E-state index contributed by atoms with van der Waals surface area (Å²) < 4.78 is 10.8. The van der Waals surface area contributed by atoms with Crippen LogP contribution in [0, 0.1) is 34.5 Å². The SMILES string of the molecule is CC(=O)O[C@H]1CC[C@@]2(C)[C@H](CC[C@@H]3[C@@H]2CC[C@]2(C)[C@@H](c4ccc(=O)oc4)[C@@H](C)C[C@]32O)C1. The highest BCUT2D eigenvalue weighted by Crippen LogP contribution is 2.71. The van der Waals surface area contributed by atoms with Crippen LogP contribution in [0.25, 0.3) is 0 Å². The molecule has 0 amide bonds. The second kappa shape index (κ2) is 7.44. The predicted octanol–water partition coefficient (Wildman–Crippen LogP) is 5.06. The predicted molar refractivity (Wildman–Crippen MR) is 121 cm³/mol. The summed E-state index contributed by atoms with van der Waals surface area (Å²) in [4.78, 5) is 23.0. The van der Waals surface area contributed by atoms with Crippen LogP contribution in [0.3, 0.4) is 0 Å². The number of rotatable bonds is 2. The molecular weight excluding hydrogens is 404 g/mol. The fraction of sp³-hybridized carbons (Fsp3) is 0.778. The Morgan fingerprint density at radius 1 is 1.12 bits per heavy atom. The van der Waals surface area contributed by atoms with Crippen LogP contribution >= 0.6 is 0 Å². The molecule has 0 unspecified atom stereocenters. The molecule has 1 aromatic heterocycles. The van der Waals surface area contributed by atoms with Crippen molar-refractivity contribution in [2.75, 3.05) is 0 Å². The summed E-state index contributed by atoms with van der Waals surface area (Å²) in [5.74, 6) is 1.74. The fourth-order valence-corrected chi connectivity index (χ4v) is 9.19. The Bertz CT molecular complexity index is 933. The molecule has 5 nitrogen and oxygen atoms in total. The quantitative estimate of drug-likeness (QED) is 0.648. The monoisotopic (exact) mass is 442 g/mol. The molecule has 0 spiro atoms. The molecule has 1 heterocycles. The zero-order chi connectivity index (χ0) is 22.9. The van der Waals surface area contributed by atoms with E-state index >= 15 is 0 Å². The highest BCUT2D eigenvalue weighted by Gasteiger charge is 2.69. The van der Waals surface area contributed by atoms with E-state index in [0.717, 1.165) is 56.9 Å². The van der Waals surface area contributed by atoms with Crippen molar-refractivity contribution >= 4 is 5.97 Å². The molecule has 0 saturated heterocycles. The van der Waals surface area contributed by atoms with Crippen LogP contribution in [0.1, 0.15) is 90.5 Å². The number of carbonyl (C=O) groups is 1. The van der Waals surface area contributed by atoms with Gasteiger partial charge in [0.05, 0.1) is 11.9 Å². The van der Waals surface area contributed by atoms with E-state index in [2.05, 4.69) is 20.8 Å². The number of hydrogen-bond acceptors (Lipinski definition) is 5. The third kappa shape index (κ3) is 3.06.